The summed E-state index contributed by atoms with van der Waals surface area (Å²) in [5.74, 6) is 5.34. The van der Waals surface area contributed by atoms with Crippen molar-refractivity contribution in [3.63, 3.8) is 0 Å². The van der Waals surface area contributed by atoms with E-state index in [1.807, 2.05) is 0 Å². The maximum atomic E-state index is 2.45. The highest BCUT2D eigenvalue weighted by atomic mass is 14.3. The third-order valence-electron chi connectivity index (χ3n) is 5.70. The molecule has 0 aliphatic heterocycles. The van der Waals surface area contributed by atoms with Crippen LogP contribution >= 0.6 is 0 Å². The molecule has 140 valence electrons. The molecule has 0 aromatic carbocycles. The van der Waals surface area contributed by atoms with E-state index in [0.717, 1.165) is 35.5 Å². The Kier molecular flexibility index (Phi) is 13.3. The number of hydrogen-bond donors (Lipinski definition) is 0. The molecule has 0 aromatic rings. The van der Waals surface area contributed by atoms with Gasteiger partial charge in [0.15, 0.2) is 0 Å². The Bertz CT molecular complexity index is 223. The first-order chi connectivity index (χ1) is 10.7. The van der Waals surface area contributed by atoms with Gasteiger partial charge in [0.05, 0.1) is 0 Å². The third kappa shape index (κ3) is 13.0. The Morgan fingerprint density at radius 3 is 1.00 bits per heavy atom. The molecule has 0 nitrogen and oxygen atoms in total. The monoisotopic (exact) mass is 324 g/mol. The number of rotatable bonds is 14. The van der Waals surface area contributed by atoms with Crippen LogP contribution in [0.5, 0.6) is 0 Å². The van der Waals surface area contributed by atoms with Crippen molar-refractivity contribution in [2.24, 2.45) is 35.5 Å². The fourth-order valence-corrected chi connectivity index (χ4v) is 3.75. The van der Waals surface area contributed by atoms with Crippen molar-refractivity contribution in [2.45, 2.75) is 113 Å². The minimum Gasteiger partial charge on any atom is -0.0628 e. The summed E-state index contributed by atoms with van der Waals surface area (Å²) < 4.78 is 0. The molecule has 0 rings (SSSR count). The minimum atomic E-state index is 0.853. The zero-order chi connectivity index (χ0) is 17.8. The first-order valence-corrected chi connectivity index (χ1v) is 10.7. The lowest BCUT2D eigenvalue weighted by Gasteiger charge is -2.29. The molecule has 0 saturated carbocycles. The molecule has 0 fully saturated rings. The molecule has 2 unspecified atom stereocenters. The molecule has 23 heavy (non-hydrogen) atoms. The molecular weight excluding hydrogens is 276 g/mol. The van der Waals surface area contributed by atoms with Crippen molar-refractivity contribution in [1.82, 2.24) is 0 Å². The predicted molar refractivity (Wildman–Crippen MR) is 108 cm³/mol. The molecular formula is C23H48. The lowest BCUT2D eigenvalue weighted by molar-refractivity contribution is 0.220. The summed E-state index contributed by atoms with van der Waals surface area (Å²) in [6.07, 6.45) is 13.0. The van der Waals surface area contributed by atoms with Crippen LogP contribution in [0.3, 0.4) is 0 Å². The van der Waals surface area contributed by atoms with Crippen LogP contribution in [-0.2, 0) is 0 Å². The number of unbranched alkanes of at least 4 members (excludes halogenated alkanes) is 2. The Morgan fingerprint density at radius 2 is 0.739 bits per heavy atom. The van der Waals surface area contributed by atoms with E-state index in [-0.39, 0.29) is 0 Å². The van der Waals surface area contributed by atoms with Gasteiger partial charge in [-0.25, -0.2) is 0 Å². The SMILES string of the molecule is CC(C)CCCCC(CC(CCCCC(C)C)C(C)C)C(C)C. The zero-order valence-corrected chi connectivity index (χ0v) is 17.8. The fraction of sp³-hybridized carbons (Fsp3) is 1.00. The quantitative estimate of drug-likeness (QED) is 0.281. The summed E-state index contributed by atoms with van der Waals surface area (Å²) in [5, 5.41) is 0. The van der Waals surface area contributed by atoms with E-state index in [1.165, 1.54) is 57.8 Å². The molecule has 0 spiro atoms. The summed E-state index contributed by atoms with van der Waals surface area (Å²) in [6, 6.07) is 0. The molecule has 0 heterocycles. The Morgan fingerprint density at radius 1 is 0.435 bits per heavy atom. The third-order valence-corrected chi connectivity index (χ3v) is 5.70. The van der Waals surface area contributed by atoms with Gasteiger partial charge in [-0.3, -0.25) is 0 Å². The molecule has 0 aliphatic carbocycles. The number of hydrogen-bond acceptors (Lipinski definition) is 0. The highest BCUT2D eigenvalue weighted by molar-refractivity contribution is 4.72. The topological polar surface area (TPSA) is 0 Å². The molecule has 0 radical (unpaired) electrons. The molecule has 0 amide bonds. The van der Waals surface area contributed by atoms with E-state index in [9.17, 15) is 0 Å². The summed E-state index contributed by atoms with van der Waals surface area (Å²) in [4.78, 5) is 0. The van der Waals surface area contributed by atoms with E-state index in [0.29, 0.717) is 0 Å². The highest BCUT2D eigenvalue weighted by Gasteiger charge is 2.21. The van der Waals surface area contributed by atoms with E-state index >= 15 is 0 Å². The average molecular weight is 325 g/mol. The Labute approximate surface area is 149 Å². The van der Waals surface area contributed by atoms with Crippen LogP contribution in [0.15, 0.2) is 0 Å². The predicted octanol–water partition coefficient (Wildman–Crippen LogP) is 8.35. The van der Waals surface area contributed by atoms with E-state index in [4.69, 9.17) is 0 Å². The maximum Gasteiger partial charge on any atom is -0.0388 e. The highest BCUT2D eigenvalue weighted by Crippen LogP contribution is 2.32. The first-order valence-electron chi connectivity index (χ1n) is 10.7. The van der Waals surface area contributed by atoms with E-state index < -0.39 is 0 Å². The Hall–Kier alpha value is 0. The van der Waals surface area contributed by atoms with Crippen LogP contribution in [0.25, 0.3) is 0 Å². The zero-order valence-electron chi connectivity index (χ0n) is 17.8. The van der Waals surface area contributed by atoms with Gasteiger partial charge in [0, 0.05) is 0 Å². The minimum absolute atomic E-state index is 0.853. The summed E-state index contributed by atoms with van der Waals surface area (Å²) in [5.41, 5.74) is 0. The second-order valence-corrected chi connectivity index (χ2v) is 9.60. The van der Waals surface area contributed by atoms with Crippen LogP contribution in [-0.4, -0.2) is 0 Å². The van der Waals surface area contributed by atoms with Crippen molar-refractivity contribution in [1.29, 1.82) is 0 Å². The summed E-state index contributed by atoms with van der Waals surface area (Å²) in [6.45, 7) is 19.2. The van der Waals surface area contributed by atoms with Gasteiger partial charge in [0.25, 0.3) is 0 Å². The van der Waals surface area contributed by atoms with Gasteiger partial charge in [0.1, 0.15) is 0 Å². The summed E-state index contributed by atoms with van der Waals surface area (Å²) in [7, 11) is 0. The standard InChI is InChI=1S/C23H48/c1-18(2)13-9-11-15-22(20(5)6)17-23(21(7)8)16-12-10-14-19(3)4/h18-23H,9-17H2,1-8H3. The van der Waals surface area contributed by atoms with Crippen LogP contribution in [0, 0.1) is 35.5 Å². The fourth-order valence-electron chi connectivity index (χ4n) is 3.75. The molecule has 0 aromatic heterocycles. The van der Waals surface area contributed by atoms with Crippen molar-refractivity contribution >= 4 is 0 Å². The molecule has 2 atom stereocenters. The summed E-state index contributed by atoms with van der Waals surface area (Å²) >= 11 is 0. The lowest BCUT2D eigenvalue weighted by atomic mass is 9.77. The average Bonchev–Trinajstić information content (AvgIpc) is 2.43. The van der Waals surface area contributed by atoms with Crippen molar-refractivity contribution in [3.8, 4) is 0 Å². The second kappa shape index (κ2) is 13.3. The lowest BCUT2D eigenvalue weighted by Crippen LogP contribution is -2.18. The largest absolute Gasteiger partial charge is 0.0628 e. The van der Waals surface area contributed by atoms with E-state index in [1.54, 1.807) is 0 Å². The first kappa shape index (κ1) is 23.0. The van der Waals surface area contributed by atoms with Gasteiger partial charge in [0.2, 0.25) is 0 Å². The Balaban J connectivity index is 4.24. The van der Waals surface area contributed by atoms with Crippen molar-refractivity contribution < 1.29 is 0 Å². The molecule has 0 heteroatoms. The normalized spacial score (nSPS) is 15.1. The van der Waals surface area contributed by atoms with E-state index in [2.05, 4.69) is 55.4 Å². The molecule has 0 bridgehead atoms. The van der Waals surface area contributed by atoms with Crippen LogP contribution in [0.2, 0.25) is 0 Å². The van der Waals surface area contributed by atoms with Crippen molar-refractivity contribution in [2.75, 3.05) is 0 Å². The van der Waals surface area contributed by atoms with Gasteiger partial charge in [-0.15, -0.1) is 0 Å². The molecule has 0 N–H and O–H groups in total. The van der Waals surface area contributed by atoms with Gasteiger partial charge in [-0.05, 0) is 41.9 Å². The maximum absolute atomic E-state index is 2.45. The van der Waals surface area contributed by atoms with Gasteiger partial charge in [-0.1, -0.05) is 107 Å². The molecule has 0 saturated heterocycles. The van der Waals surface area contributed by atoms with Gasteiger partial charge in [-0.2, -0.15) is 0 Å². The van der Waals surface area contributed by atoms with Crippen LogP contribution in [0.1, 0.15) is 113 Å². The molecule has 0 aliphatic rings. The van der Waals surface area contributed by atoms with Crippen LogP contribution in [0.4, 0.5) is 0 Å². The second-order valence-electron chi connectivity index (χ2n) is 9.60. The van der Waals surface area contributed by atoms with Gasteiger partial charge < -0.3 is 0 Å². The van der Waals surface area contributed by atoms with Crippen molar-refractivity contribution in [3.05, 3.63) is 0 Å². The van der Waals surface area contributed by atoms with Gasteiger partial charge >= 0.3 is 0 Å². The smallest absolute Gasteiger partial charge is 0.0388 e. The van der Waals surface area contributed by atoms with Crippen LogP contribution < -0.4 is 0 Å².